The van der Waals surface area contributed by atoms with Crippen molar-refractivity contribution < 1.29 is 13.6 Å². The van der Waals surface area contributed by atoms with Gasteiger partial charge in [0.1, 0.15) is 11.6 Å². The van der Waals surface area contributed by atoms with Gasteiger partial charge < -0.3 is 4.57 Å². The summed E-state index contributed by atoms with van der Waals surface area (Å²) in [5.41, 5.74) is 2.82. The standard InChI is InChI=1S/C22H20F2N4OS.ClH/c1-14-4-7-19-20(15(14)2)26-22(30-19)28(10-3-9-27-11-8-25-13-27)21(29)17-6-5-16(23)12-18(17)24;/h4-8,11-13H,3,9-10H2,1-2H3;1H. The number of nitrogens with zero attached hydrogens (tertiary/aromatic N) is 4. The molecular formula is C22H21ClF2N4OS. The molecule has 31 heavy (non-hydrogen) atoms. The maximum absolute atomic E-state index is 14.3. The number of carbonyl (C=O) groups excluding carboxylic acids is 1. The summed E-state index contributed by atoms with van der Waals surface area (Å²) in [4.78, 5) is 23.4. The van der Waals surface area contributed by atoms with Crippen LogP contribution in [0.2, 0.25) is 0 Å². The van der Waals surface area contributed by atoms with E-state index in [4.69, 9.17) is 4.98 Å². The first-order valence-corrected chi connectivity index (χ1v) is 10.3. The minimum atomic E-state index is -0.882. The lowest BCUT2D eigenvalue weighted by Gasteiger charge is -2.20. The van der Waals surface area contributed by atoms with Gasteiger partial charge in [-0.2, -0.15) is 0 Å². The van der Waals surface area contributed by atoms with E-state index in [-0.39, 0.29) is 18.0 Å². The predicted molar refractivity (Wildman–Crippen MR) is 121 cm³/mol. The second-order valence-electron chi connectivity index (χ2n) is 7.09. The number of thiazole rings is 1. The maximum atomic E-state index is 14.3. The molecule has 2 heterocycles. The molecule has 2 aromatic carbocycles. The van der Waals surface area contributed by atoms with E-state index in [2.05, 4.69) is 4.98 Å². The number of benzene rings is 2. The number of halogens is 3. The van der Waals surface area contributed by atoms with Gasteiger partial charge in [0.25, 0.3) is 5.91 Å². The van der Waals surface area contributed by atoms with Crippen molar-refractivity contribution in [3.63, 3.8) is 0 Å². The molecule has 0 N–H and O–H groups in total. The predicted octanol–water partition coefficient (Wildman–Crippen LogP) is 5.55. The Balaban J connectivity index is 0.00000272. The number of aryl methyl sites for hydroxylation is 3. The Morgan fingerprint density at radius 1 is 1.19 bits per heavy atom. The topological polar surface area (TPSA) is 51.0 Å². The molecule has 0 radical (unpaired) electrons. The third kappa shape index (κ3) is 4.75. The van der Waals surface area contributed by atoms with E-state index in [1.54, 1.807) is 12.5 Å². The van der Waals surface area contributed by atoms with E-state index in [1.165, 1.54) is 22.3 Å². The Morgan fingerprint density at radius 3 is 2.71 bits per heavy atom. The number of hydrogen-bond donors (Lipinski definition) is 0. The van der Waals surface area contributed by atoms with Crippen molar-refractivity contribution in [3.05, 3.63) is 77.4 Å². The summed E-state index contributed by atoms with van der Waals surface area (Å²) < 4.78 is 30.5. The average molecular weight is 463 g/mol. The number of aromatic nitrogens is 3. The van der Waals surface area contributed by atoms with E-state index in [1.807, 2.05) is 36.7 Å². The lowest BCUT2D eigenvalue weighted by molar-refractivity contribution is 0.0982. The van der Waals surface area contributed by atoms with Gasteiger partial charge in [-0.1, -0.05) is 17.4 Å². The van der Waals surface area contributed by atoms with Gasteiger partial charge in [0.05, 0.1) is 22.1 Å². The Labute approximate surface area is 188 Å². The Morgan fingerprint density at radius 2 is 2.00 bits per heavy atom. The van der Waals surface area contributed by atoms with Crippen molar-refractivity contribution in [2.24, 2.45) is 0 Å². The highest BCUT2D eigenvalue weighted by molar-refractivity contribution is 7.22. The molecule has 2 aromatic heterocycles. The molecule has 0 unspecified atom stereocenters. The van der Waals surface area contributed by atoms with Crippen LogP contribution in [0.4, 0.5) is 13.9 Å². The van der Waals surface area contributed by atoms with E-state index in [0.29, 0.717) is 24.6 Å². The van der Waals surface area contributed by atoms with E-state index in [9.17, 15) is 13.6 Å². The minimum Gasteiger partial charge on any atom is -0.337 e. The van der Waals surface area contributed by atoms with Crippen LogP contribution >= 0.6 is 23.7 Å². The summed E-state index contributed by atoms with van der Waals surface area (Å²) in [6.45, 7) is 4.99. The summed E-state index contributed by atoms with van der Waals surface area (Å²) in [7, 11) is 0. The fraction of sp³-hybridized carbons (Fsp3) is 0.227. The van der Waals surface area contributed by atoms with Crippen molar-refractivity contribution in [3.8, 4) is 0 Å². The van der Waals surface area contributed by atoms with Crippen LogP contribution in [-0.2, 0) is 6.54 Å². The molecule has 0 aliphatic rings. The minimum absolute atomic E-state index is 0. The molecular weight excluding hydrogens is 442 g/mol. The van der Waals surface area contributed by atoms with Gasteiger partial charge in [0.15, 0.2) is 5.13 Å². The molecule has 0 aliphatic carbocycles. The molecule has 0 fully saturated rings. The summed E-state index contributed by atoms with van der Waals surface area (Å²) >= 11 is 1.39. The quantitative estimate of drug-likeness (QED) is 0.377. The molecule has 0 atom stereocenters. The highest BCUT2D eigenvalue weighted by Gasteiger charge is 2.24. The Bertz CT molecular complexity index is 1210. The van der Waals surface area contributed by atoms with Gasteiger partial charge in [-0.3, -0.25) is 9.69 Å². The Hall–Kier alpha value is -2.84. The first kappa shape index (κ1) is 22.8. The second kappa shape index (κ2) is 9.53. The van der Waals surface area contributed by atoms with Crippen LogP contribution in [0.3, 0.4) is 0 Å². The third-order valence-corrected chi connectivity index (χ3v) is 6.11. The number of carbonyl (C=O) groups is 1. The molecule has 4 aromatic rings. The lowest BCUT2D eigenvalue weighted by Crippen LogP contribution is -2.33. The largest absolute Gasteiger partial charge is 0.337 e. The molecule has 0 saturated carbocycles. The zero-order valence-electron chi connectivity index (χ0n) is 17.0. The highest BCUT2D eigenvalue weighted by atomic mass is 35.5. The van der Waals surface area contributed by atoms with Crippen LogP contribution in [0.15, 0.2) is 49.1 Å². The molecule has 9 heteroatoms. The number of anilines is 1. The lowest BCUT2D eigenvalue weighted by atomic mass is 10.1. The summed E-state index contributed by atoms with van der Waals surface area (Å²) in [6, 6.07) is 6.99. The zero-order valence-corrected chi connectivity index (χ0v) is 18.6. The fourth-order valence-corrected chi connectivity index (χ4v) is 4.30. The van der Waals surface area contributed by atoms with E-state index in [0.717, 1.165) is 33.5 Å². The van der Waals surface area contributed by atoms with Crippen LogP contribution in [0.5, 0.6) is 0 Å². The molecule has 0 aliphatic heterocycles. The molecule has 5 nitrogen and oxygen atoms in total. The van der Waals surface area contributed by atoms with Crippen LogP contribution in [0.1, 0.15) is 27.9 Å². The van der Waals surface area contributed by atoms with Gasteiger partial charge >= 0.3 is 0 Å². The highest BCUT2D eigenvalue weighted by Crippen LogP contribution is 2.33. The first-order chi connectivity index (χ1) is 14.4. The zero-order chi connectivity index (χ0) is 21.3. The van der Waals surface area contributed by atoms with Crippen LogP contribution in [-0.4, -0.2) is 27.0 Å². The van der Waals surface area contributed by atoms with Crippen molar-refractivity contribution in [1.29, 1.82) is 0 Å². The number of rotatable bonds is 6. The molecule has 1 amide bonds. The van der Waals surface area contributed by atoms with Gasteiger partial charge in [-0.05, 0) is 49.6 Å². The van der Waals surface area contributed by atoms with Crippen LogP contribution in [0, 0.1) is 25.5 Å². The van der Waals surface area contributed by atoms with Gasteiger partial charge in [0, 0.05) is 31.5 Å². The summed E-state index contributed by atoms with van der Waals surface area (Å²) in [6.07, 6.45) is 5.86. The van der Waals surface area contributed by atoms with Gasteiger partial charge in [-0.15, -0.1) is 12.4 Å². The molecule has 4 rings (SSSR count). The fourth-order valence-electron chi connectivity index (χ4n) is 3.25. The summed E-state index contributed by atoms with van der Waals surface area (Å²) in [5.74, 6) is -2.14. The second-order valence-corrected chi connectivity index (χ2v) is 8.09. The van der Waals surface area contributed by atoms with Crippen LogP contribution in [0.25, 0.3) is 10.2 Å². The monoisotopic (exact) mass is 462 g/mol. The van der Waals surface area contributed by atoms with E-state index >= 15 is 0 Å². The van der Waals surface area contributed by atoms with Gasteiger partial charge in [0.2, 0.25) is 0 Å². The number of amides is 1. The normalized spacial score (nSPS) is 10.8. The molecule has 0 spiro atoms. The van der Waals surface area contributed by atoms with Crippen molar-refractivity contribution in [1.82, 2.24) is 14.5 Å². The number of hydrogen-bond acceptors (Lipinski definition) is 4. The van der Waals surface area contributed by atoms with Crippen molar-refractivity contribution >= 4 is 45.0 Å². The van der Waals surface area contributed by atoms with Crippen molar-refractivity contribution in [2.45, 2.75) is 26.8 Å². The van der Waals surface area contributed by atoms with Crippen molar-refractivity contribution in [2.75, 3.05) is 11.4 Å². The Kier molecular flexibility index (Phi) is 7.02. The van der Waals surface area contributed by atoms with E-state index < -0.39 is 17.5 Å². The smallest absolute Gasteiger partial charge is 0.263 e. The van der Waals surface area contributed by atoms with Crippen LogP contribution < -0.4 is 4.90 Å². The number of imidazole rings is 1. The number of fused-ring (bicyclic) bond motifs is 1. The summed E-state index contributed by atoms with van der Waals surface area (Å²) in [5, 5.41) is 0.498. The average Bonchev–Trinajstić information content (AvgIpc) is 3.38. The molecule has 0 bridgehead atoms. The molecule has 162 valence electrons. The molecule has 0 saturated heterocycles. The third-order valence-electron chi connectivity index (χ3n) is 5.07. The first-order valence-electron chi connectivity index (χ1n) is 9.53. The van der Waals surface area contributed by atoms with Gasteiger partial charge in [-0.25, -0.2) is 18.7 Å². The SMILES string of the molecule is Cc1ccc2sc(N(CCCn3ccnc3)C(=O)c3ccc(F)cc3F)nc2c1C.Cl. The maximum Gasteiger partial charge on any atom is 0.263 e.